The molecule has 0 spiro atoms. The number of benzene rings is 1. The SMILES string of the molecule is CSc1c(C#N)ccc(N2C(=O)C(C)(C)N(CCCCO)C2S)c1F. The van der Waals surface area contributed by atoms with Gasteiger partial charge in [-0.3, -0.25) is 14.6 Å². The van der Waals surface area contributed by atoms with Crippen LogP contribution in [-0.4, -0.2) is 46.4 Å². The lowest BCUT2D eigenvalue weighted by Crippen LogP contribution is -2.45. The second kappa shape index (κ2) is 7.96. The van der Waals surface area contributed by atoms with Crippen LogP contribution in [0.3, 0.4) is 0 Å². The average Bonchev–Trinajstić information content (AvgIpc) is 2.74. The van der Waals surface area contributed by atoms with Crippen LogP contribution in [0.4, 0.5) is 10.1 Å². The second-order valence-corrected chi connectivity index (χ2v) is 7.57. The highest BCUT2D eigenvalue weighted by Crippen LogP contribution is 2.40. The Balaban J connectivity index is 2.43. The highest BCUT2D eigenvalue weighted by atomic mass is 32.2. The number of thioether (sulfide) groups is 1. The van der Waals surface area contributed by atoms with Gasteiger partial charge < -0.3 is 5.11 Å². The van der Waals surface area contributed by atoms with Gasteiger partial charge in [0.05, 0.1) is 21.7 Å². The molecule has 1 aliphatic rings. The van der Waals surface area contributed by atoms with Crippen molar-refractivity contribution in [2.75, 3.05) is 24.3 Å². The van der Waals surface area contributed by atoms with Gasteiger partial charge in [0.15, 0.2) is 5.82 Å². The van der Waals surface area contributed by atoms with Gasteiger partial charge in [-0.05, 0) is 45.1 Å². The molecule has 1 aromatic carbocycles. The standard InChI is InChI=1S/C17H22FN3O2S2/c1-17(2)15(23)21(16(24)20(17)8-4-5-9-22)12-7-6-11(10-19)14(25-3)13(12)18/h6-7,16,22,24H,4-5,8-9H2,1-3H3. The first-order chi connectivity index (χ1) is 11.8. The molecule has 1 saturated heterocycles. The van der Waals surface area contributed by atoms with Crippen LogP contribution in [0.2, 0.25) is 0 Å². The van der Waals surface area contributed by atoms with Gasteiger partial charge in [0.2, 0.25) is 5.91 Å². The highest BCUT2D eigenvalue weighted by Gasteiger charge is 2.51. The molecule has 0 bridgehead atoms. The molecule has 1 unspecified atom stereocenters. The molecule has 1 aliphatic heterocycles. The highest BCUT2D eigenvalue weighted by molar-refractivity contribution is 7.98. The molecule has 0 radical (unpaired) electrons. The van der Waals surface area contributed by atoms with Crippen molar-refractivity contribution in [1.82, 2.24) is 4.90 Å². The summed E-state index contributed by atoms with van der Waals surface area (Å²) in [5, 5.41) is 18.1. The van der Waals surface area contributed by atoms with Crippen LogP contribution >= 0.6 is 24.4 Å². The Kier molecular flexibility index (Phi) is 6.38. The van der Waals surface area contributed by atoms with Gasteiger partial charge in [-0.25, -0.2) is 4.39 Å². The molecule has 1 atom stereocenters. The zero-order chi connectivity index (χ0) is 18.8. The van der Waals surface area contributed by atoms with Crippen LogP contribution in [0, 0.1) is 17.1 Å². The number of hydrogen-bond acceptors (Lipinski definition) is 6. The first-order valence-corrected chi connectivity index (χ1v) is 9.71. The molecule has 1 amide bonds. The van der Waals surface area contributed by atoms with E-state index < -0.39 is 16.9 Å². The minimum atomic E-state index is -0.832. The van der Waals surface area contributed by atoms with Crippen molar-refractivity contribution in [2.24, 2.45) is 0 Å². The zero-order valence-electron chi connectivity index (χ0n) is 14.5. The van der Waals surface area contributed by atoms with Crippen LogP contribution in [0.15, 0.2) is 17.0 Å². The third-order valence-corrected chi connectivity index (χ3v) is 5.75. The van der Waals surface area contributed by atoms with E-state index in [1.54, 1.807) is 20.1 Å². The number of carbonyl (C=O) groups is 1. The topological polar surface area (TPSA) is 67.6 Å². The van der Waals surface area contributed by atoms with E-state index in [2.05, 4.69) is 12.6 Å². The number of nitrogens with zero attached hydrogens (tertiary/aromatic N) is 3. The molecular weight excluding hydrogens is 361 g/mol. The summed E-state index contributed by atoms with van der Waals surface area (Å²) in [4.78, 5) is 16.4. The minimum absolute atomic E-state index is 0.0878. The first-order valence-electron chi connectivity index (χ1n) is 7.97. The van der Waals surface area contributed by atoms with E-state index in [0.717, 1.165) is 11.8 Å². The number of thiol groups is 1. The Labute approximate surface area is 157 Å². The van der Waals surface area contributed by atoms with E-state index in [0.29, 0.717) is 19.4 Å². The molecule has 2 rings (SSSR count). The van der Waals surface area contributed by atoms with Crippen molar-refractivity contribution in [3.05, 3.63) is 23.5 Å². The molecule has 8 heteroatoms. The number of amides is 1. The van der Waals surface area contributed by atoms with Crippen LogP contribution in [0.5, 0.6) is 0 Å². The summed E-state index contributed by atoms with van der Waals surface area (Å²) in [6, 6.07) is 4.96. The molecule has 1 aromatic rings. The number of carbonyl (C=O) groups excluding carboxylic acids is 1. The van der Waals surface area contributed by atoms with Crippen LogP contribution in [-0.2, 0) is 4.79 Å². The maximum atomic E-state index is 15.0. The predicted octanol–water partition coefficient (Wildman–Crippen LogP) is 2.83. The monoisotopic (exact) mass is 383 g/mol. The molecule has 25 heavy (non-hydrogen) atoms. The quantitative estimate of drug-likeness (QED) is 0.449. The fraction of sp³-hybridized carbons (Fsp3) is 0.529. The lowest BCUT2D eigenvalue weighted by molar-refractivity contribution is -0.123. The average molecular weight is 384 g/mol. The Hall–Kier alpha value is -1.27. The van der Waals surface area contributed by atoms with E-state index in [-0.39, 0.29) is 28.7 Å². The normalized spacial score (nSPS) is 20.1. The molecule has 5 nitrogen and oxygen atoms in total. The van der Waals surface area contributed by atoms with E-state index in [4.69, 9.17) is 10.4 Å². The molecule has 0 saturated carbocycles. The number of unbranched alkanes of at least 4 members (excludes halogenated alkanes) is 1. The van der Waals surface area contributed by atoms with Crippen LogP contribution < -0.4 is 4.90 Å². The van der Waals surface area contributed by atoms with Gasteiger partial charge in [0, 0.05) is 13.2 Å². The fourth-order valence-electron chi connectivity index (χ4n) is 2.99. The smallest absolute Gasteiger partial charge is 0.249 e. The van der Waals surface area contributed by atoms with E-state index >= 15 is 0 Å². The van der Waals surface area contributed by atoms with Gasteiger partial charge in [-0.15, -0.1) is 24.4 Å². The number of anilines is 1. The van der Waals surface area contributed by atoms with Crippen molar-refractivity contribution in [3.63, 3.8) is 0 Å². The number of aliphatic hydroxyl groups is 1. The first kappa shape index (κ1) is 20.0. The maximum absolute atomic E-state index is 15.0. The summed E-state index contributed by atoms with van der Waals surface area (Å²) in [7, 11) is 0. The van der Waals surface area contributed by atoms with Crippen molar-refractivity contribution in [2.45, 2.75) is 42.6 Å². The van der Waals surface area contributed by atoms with Gasteiger partial charge in [-0.2, -0.15) is 5.26 Å². The molecular formula is C17H22FN3O2S2. The lowest BCUT2D eigenvalue weighted by Gasteiger charge is -2.31. The van der Waals surface area contributed by atoms with Crippen molar-refractivity contribution >= 4 is 36.0 Å². The number of nitriles is 1. The minimum Gasteiger partial charge on any atom is -0.396 e. The number of rotatable bonds is 6. The molecule has 0 aromatic heterocycles. The van der Waals surface area contributed by atoms with Gasteiger partial charge >= 0.3 is 0 Å². The van der Waals surface area contributed by atoms with E-state index in [9.17, 15) is 9.18 Å². The Morgan fingerprint density at radius 3 is 2.68 bits per heavy atom. The van der Waals surface area contributed by atoms with Gasteiger partial charge in [-0.1, -0.05) is 0 Å². The van der Waals surface area contributed by atoms with Gasteiger partial charge in [0.25, 0.3) is 0 Å². The second-order valence-electron chi connectivity index (χ2n) is 6.30. The van der Waals surface area contributed by atoms with E-state index in [1.807, 2.05) is 11.0 Å². The molecule has 136 valence electrons. The van der Waals surface area contributed by atoms with Crippen LogP contribution in [0.25, 0.3) is 0 Å². The summed E-state index contributed by atoms with van der Waals surface area (Å²) in [5.74, 6) is -0.820. The maximum Gasteiger partial charge on any atom is 0.249 e. The lowest BCUT2D eigenvalue weighted by atomic mass is 10.0. The van der Waals surface area contributed by atoms with Crippen molar-refractivity contribution in [3.8, 4) is 6.07 Å². The van der Waals surface area contributed by atoms with Crippen molar-refractivity contribution in [1.29, 1.82) is 5.26 Å². The molecule has 0 aliphatic carbocycles. The molecule has 1 N–H and O–H groups in total. The summed E-state index contributed by atoms with van der Waals surface area (Å²) in [5.41, 5.74) is -1.07. The molecule has 1 heterocycles. The number of halogens is 1. The summed E-state index contributed by atoms with van der Waals surface area (Å²) in [6.45, 7) is 4.23. The fourth-order valence-corrected chi connectivity index (χ4v) is 4.24. The summed E-state index contributed by atoms with van der Waals surface area (Å²) >= 11 is 5.70. The Bertz CT molecular complexity index is 706. The zero-order valence-corrected chi connectivity index (χ0v) is 16.2. The number of hydrogen-bond donors (Lipinski definition) is 2. The largest absolute Gasteiger partial charge is 0.396 e. The Morgan fingerprint density at radius 2 is 2.12 bits per heavy atom. The third-order valence-electron chi connectivity index (χ3n) is 4.44. The summed E-state index contributed by atoms with van der Waals surface area (Å²) < 4.78 is 15.0. The van der Waals surface area contributed by atoms with Crippen LogP contribution in [0.1, 0.15) is 32.3 Å². The van der Waals surface area contributed by atoms with Crippen molar-refractivity contribution < 1.29 is 14.3 Å². The third kappa shape index (κ3) is 3.51. The summed E-state index contributed by atoms with van der Waals surface area (Å²) in [6.07, 6.45) is 3.03. The Morgan fingerprint density at radius 1 is 1.44 bits per heavy atom. The number of aliphatic hydroxyl groups excluding tert-OH is 1. The molecule has 1 fully saturated rings. The predicted molar refractivity (Wildman–Crippen MR) is 100 cm³/mol. The van der Waals surface area contributed by atoms with Gasteiger partial charge in [0.1, 0.15) is 11.6 Å². The van der Waals surface area contributed by atoms with E-state index in [1.165, 1.54) is 17.0 Å².